The molecule has 8 nitrogen and oxygen atoms in total. The Balaban J connectivity index is 1.67. The molecule has 27 heavy (non-hydrogen) atoms. The zero-order valence-electron chi connectivity index (χ0n) is 15.2. The molecule has 8 heteroatoms. The fourth-order valence-electron chi connectivity index (χ4n) is 2.88. The first-order valence-electron chi connectivity index (χ1n) is 9.15. The predicted octanol–water partition coefficient (Wildman–Crippen LogP) is 1.90. The molecule has 0 bridgehead atoms. The van der Waals surface area contributed by atoms with Crippen LogP contribution in [0.5, 0.6) is 0 Å². The highest BCUT2D eigenvalue weighted by Crippen LogP contribution is 2.29. The lowest BCUT2D eigenvalue weighted by atomic mass is 10.1. The van der Waals surface area contributed by atoms with E-state index in [1.54, 1.807) is 24.3 Å². The van der Waals surface area contributed by atoms with Gasteiger partial charge >= 0.3 is 5.97 Å². The van der Waals surface area contributed by atoms with E-state index in [2.05, 4.69) is 10.6 Å². The van der Waals surface area contributed by atoms with Crippen LogP contribution in [-0.2, 0) is 19.2 Å². The molecule has 0 atom stereocenters. The Morgan fingerprint density at radius 2 is 1.78 bits per heavy atom. The van der Waals surface area contributed by atoms with E-state index < -0.39 is 5.97 Å². The van der Waals surface area contributed by atoms with Gasteiger partial charge in [0.15, 0.2) is 0 Å². The highest BCUT2D eigenvalue weighted by molar-refractivity contribution is 6.10. The van der Waals surface area contributed by atoms with Crippen LogP contribution in [0.1, 0.15) is 44.9 Å². The molecule has 1 aliphatic rings. The van der Waals surface area contributed by atoms with Crippen LogP contribution < -0.4 is 15.5 Å². The molecule has 3 amide bonds. The fraction of sp³-hybridized carbons (Fsp3) is 0.474. The maximum Gasteiger partial charge on any atom is 0.303 e. The van der Waals surface area contributed by atoms with Crippen LogP contribution >= 0.6 is 0 Å². The lowest BCUT2D eigenvalue weighted by Gasteiger charge is -2.29. The van der Waals surface area contributed by atoms with Crippen LogP contribution in [0, 0.1) is 0 Å². The number of rotatable bonds is 10. The number of carboxylic acid groups (broad SMARTS) is 1. The third-order valence-electron chi connectivity index (χ3n) is 4.28. The number of amides is 3. The van der Waals surface area contributed by atoms with Gasteiger partial charge in [-0.1, -0.05) is 25.0 Å². The topological polar surface area (TPSA) is 116 Å². The Kier molecular flexibility index (Phi) is 7.79. The van der Waals surface area contributed by atoms with E-state index in [9.17, 15) is 19.2 Å². The minimum atomic E-state index is -0.790. The molecule has 0 aromatic heterocycles. The van der Waals surface area contributed by atoms with E-state index >= 15 is 0 Å². The first kappa shape index (κ1) is 20.4. The van der Waals surface area contributed by atoms with Crippen molar-refractivity contribution in [3.8, 4) is 0 Å². The van der Waals surface area contributed by atoms with Crippen molar-refractivity contribution in [2.45, 2.75) is 44.9 Å². The summed E-state index contributed by atoms with van der Waals surface area (Å²) in [6, 6.07) is 7.06. The number of fused-ring (bicyclic) bond motifs is 1. The van der Waals surface area contributed by atoms with Crippen LogP contribution in [0.3, 0.4) is 0 Å². The Morgan fingerprint density at radius 1 is 1.04 bits per heavy atom. The Hall–Kier alpha value is -2.90. The molecule has 1 heterocycles. The summed E-state index contributed by atoms with van der Waals surface area (Å²) in [6.07, 6.45) is 3.36. The molecule has 1 aliphatic heterocycles. The van der Waals surface area contributed by atoms with Crippen LogP contribution in [-0.4, -0.2) is 41.9 Å². The average molecular weight is 375 g/mol. The minimum Gasteiger partial charge on any atom is -0.481 e. The second-order valence-electron chi connectivity index (χ2n) is 6.45. The van der Waals surface area contributed by atoms with E-state index in [-0.39, 0.29) is 43.5 Å². The maximum absolute atomic E-state index is 12.4. The number of hydrogen-bond donors (Lipinski definition) is 3. The van der Waals surface area contributed by atoms with Gasteiger partial charge < -0.3 is 20.6 Å². The molecule has 0 saturated carbocycles. The molecule has 0 aliphatic carbocycles. The lowest BCUT2D eigenvalue weighted by Crippen LogP contribution is -2.42. The molecule has 0 unspecified atom stereocenters. The summed E-state index contributed by atoms with van der Waals surface area (Å²) in [5, 5.41) is 14.0. The number of hydrogen-bond acceptors (Lipinski definition) is 4. The highest BCUT2D eigenvalue weighted by Gasteiger charge is 2.26. The molecule has 3 N–H and O–H groups in total. The van der Waals surface area contributed by atoms with Gasteiger partial charge in [-0.3, -0.25) is 19.2 Å². The van der Waals surface area contributed by atoms with Crippen molar-refractivity contribution < 1.29 is 24.3 Å². The molecule has 0 spiro atoms. The summed E-state index contributed by atoms with van der Waals surface area (Å²) in [6.45, 7) is 0.461. The van der Waals surface area contributed by atoms with Crippen molar-refractivity contribution in [2.24, 2.45) is 0 Å². The number of para-hydroxylation sites is 2. The van der Waals surface area contributed by atoms with Gasteiger partial charge in [0, 0.05) is 25.8 Å². The van der Waals surface area contributed by atoms with Gasteiger partial charge in [0.25, 0.3) is 0 Å². The van der Waals surface area contributed by atoms with E-state index in [1.165, 1.54) is 4.90 Å². The van der Waals surface area contributed by atoms with Crippen LogP contribution in [0.4, 0.5) is 11.4 Å². The molecular weight excluding hydrogens is 350 g/mol. The molecule has 0 fully saturated rings. The van der Waals surface area contributed by atoms with E-state index in [0.717, 1.165) is 19.3 Å². The molecule has 2 rings (SSSR count). The van der Waals surface area contributed by atoms with Crippen LogP contribution in [0.15, 0.2) is 24.3 Å². The van der Waals surface area contributed by atoms with E-state index in [4.69, 9.17) is 5.11 Å². The number of aliphatic carboxylic acids is 1. The standard InChI is InChI=1S/C19H25N3O5/c23-16(20-12-6-2-1-3-9-19(26)27)10-11-18(25)22-13-17(24)21-14-7-4-5-8-15(14)22/h4-5,7-8H,1-3,6,9-13H2,(H,20,23)(H,21,24)(H,26,27). The van der Waals surface area contributed by atoms with Crippen molar-refractivity contribution in [3.63, 3.8) is 0 Å². The van der Waals surface area contributed by atoms with Gasteiger partial charge in [-0.2, -0.15) is 0 Å². The smallest absolute Gasteiger partial charge is 0.303 e. The quantitative estimate of drug-likeness (QED) is 0.540. The Morgan fingerprint density at radius 3 is 2.56 bits per heavy atom. The third kappa shape index (κ3) is 6.73. The second kappa shape index (κ2) is 10.3. The summed E-state index contributed by atoms with van der Waals surface area (Å²) < 4.78 is 0. The number of unbranched alkanes of at least 4 members (excludes halogenated alkanes) is 3. The van der Waals surface area contributed by atoms with Crippen molar-refractivity contribution in [1.29, 1.82) is 0 Å². The summed E-state index contributed by atoms with van der Waals surface area (Å²) in [7, 11) is 0. The van der Waals surface area contributed by atoms with Gasteiger partial charge in [-0.05, 0) is 25.0 Å². The molecular formula is C19H25N3O5. The normalized spacial score (nSPS) is 12.9. The third-order valence-corrected chi connectivity index (χ3v) is 4.28. The van der Waals surface area contributed by atoms with Gasteiger partial charge in [0.1, 0.15) is 6.54 Å². The average Bonchev–Trinajstić information content (AvgIpc) is 2.64. The van der Waals surface area contributed by atoms with Crippen molar-refractivity contribution in [3.05, 3.63) is 24.3 Å². The fourth-order valence-corrected chi connectivity index (χ4v) is 2.88. The largest absolute Gasteiger partial charge is 0.481 e. The Bertz CT molecular complexity index is 704. The summed E-state index contributed by atoms with van der Waals surface area (Å²) in [5.74, 6) is -1.51. The molecule has 146 valence electrons. The summed E-state index contributed by atoms with van der Waals surface area (Å²) >= 11 is 0. The van der Waals surface area contributed by atoms with Crippen LogP contribution in [0.2, 0.25) is 0 Å². The van der Waals surface area contributed by atoms with Crippen molar-refractivity contribution >= 4 is 35.1 Å². The van der Waals surface area contributed by atoms with Gasteiger partial charge in [-0.15, -0.1) is 0 Å². The van der Waals surface area contributed by atoms with Crippen LogP contribution in [0.25, 0.3) is 0 Å². The number of carbonyl (C=O) groups excluding carboxylic acids is 3. The van der Waals surface area contributed by atoms with Gasteiger partial charge in [0.05, 0.1) is 11.4 Å². The zero-order valence-corrected chi connectivity index (χ0v) is 15.2. The number of nitrogens with one attached hydrogen (secondary N) is 2. The monoisotopic (exact) mass is 375 g/mol. The number of anilines is 2. The molecule has 0 saturated heterocycles. The SMILES string of the molecule is O=C(O)CCCCCCNC(=O)CCC(=O)N1CC(=O)Nc2ccccc21. The summed E-state index contributed by atoms with van der Waals surface area (Å²) in [4.78, 5) is 47.9. The Labute approximate surface area is 157 Å². The molecule has 0 radical (unpaired) electrons. The van der Waals surface area contributed by atoms with Gasteiger partial charge in [0.2, 0.25) is 17.7 Å². The number of benzene rings is 1. The maximum atomic E-state index is 12.4. The van der Waals surface area contributed by atoms with Gasteiger partial charge in [-0.25, -0.2) is 0 Å². The lowest BCUT2D eigenvalue weighted by molar-refractivity contribution is -0.137. The van der Waals surface area contributed by atoms with Crippen molar-refractivity contribution in [1.82, 2.24) is 5.32 Å². The molecule has 1 aromatic carbocycles. The number of nitrogens with zero attached hydrogens (tertiary/aromatic N) is 1. The molecule has 1 aromatic rings. The predicted molar refractivity (Wildman–Crippen MR) is 100 cm³/mol. The van der Waals surface area contributed by atoms with Crippen molar-refractivity contribution in [2.75, 3.05) is 23.3 Å². The number of carboxylic acids is 1. The summed E-state index contributed by atoms with van der Waals surface area (Å²) in [5.41, 5.74) is 1.23. The van der Waals surface area contributed by atoms with E-state index in [0.29, 0.717) is 24.3 Å². The van der Waals surface area contributed by atoms with E-state index in [1.807, 2.05) is 0 Å². The second-order valence-corrected chi connectivity index (χ2v) is 6.45. The first-order valence-corrected chi connectivity index (χ1v) is 9.15. The first-order chi connectivity index (χ1) is 13.0. The highest BCUT2D eigenvalue weighted by atomic mass is 16.4. The minimum absolute atomic E-state index is 0.0338. The zero-order chi connectivity index (χ0) is 19.6. The number of carbonyl (C=O) groups is 4.